The Morgan fingerprint density at radius 2 is 1.65 bits per heavy atom. The molecule has 0 bridgehead atoms. The molecule has 6 rings (SSSR count). The molecular weight excluding hydrogens is 644 g/mol. The summed E-state index contributed by atoms with van der Waals surface area (Å²) in [6.45, 7) is 28.4. The SMILES string of the molecule is CC(=O)O[C@@H]([C@H]1C[C@@H](C)C2C(C[C@@]3(C)[C@H](CCC4C(C)CC[C@H](OC5CN(CCN6CCOCC6)CCO5)C4(C)C)CCC[C@]23C)O1)C(C)(C)O. The molecular formula is C42H74N2O7. The Hall–Kier alpha value is -0.810. The minimum Gasteiger partial charge on any atom is -0.457 e. The highest BCUT2D eigenvalue weighted by atomic mass is 16.7. The van der Waals surface area contributed by atoms with Gasteiger partial charge in [-0.25, -0.2) is 0 Å². The average Bonchev–Trinajstić information content (AvgIpc) is 3.31. The molecule has 6 fully saturated rings. The number of carbonyl (C=O) groups excluding carboxylic acids is 1. The molecule has 5 unspecified atom stereocenters. The van der Waals surface area contributed by atoms with Crippen LogP contribution >= 0.6 is 0 Å². The number of rotatable bonds is 11. The summed E-state index contributed by atoms with van der Waals surface area (Å²) in [5.41, 5.74) is -0.690. The van der Waals surface area contributed by atoms with Crippen LogP contribution in [0.2, 0.25) is 0 Å². The van der Waals surface area contributed by atoms with Gasteiger partial charge < -0.3 is 28.8 Å². The summed E-state index contributed by atoms with van der Waals surface area (Å²) in [6, 6.07) is 0. The molecule has 6 aliphatic rings. The number of ether oxygens (including phenoxy) is 5. The van der Waals surface area contributed by atoms with E-state index in [-0.39, 0.29) is 46.8 Å². The standard InChI is InChI=1S/C42H74N2O7/c1-28-12-15-35(51-36-27-44(21-24-48-36)18-17-43-19-22-47-23-20-43)39(4,5)32(28)14-13-31-11-10-16-41(8)37-29(2)25-33(50-34(37)26-42(31,41)9)38(40(6,7)46)49-30(3)45/h28-29,31-38,46H,10-27H2,1-9H3/t28?,29-,31+,32?,33-,34?,35+,36?,37?,38+,41-,42+/m1/s1. The lowest BCUT2D eigenvalue weighted by Crippen LogP contribution is -2.55. The molecule has 0 aromatic rings. The van der Waals surface area contributed by atoms with Crippen LogP contribution in [0.25, 0.3) is 0 Å². The van der Waals surface area contributed by atoms with Crippen LogP contribution in [0.15, 0.2) is 0 Å². The first-order chi connectivity index (χ1) is 24.0. The molecule has 12 atom stereocenters. The number of esters is 1. The molecule has 3 aliphatic carbocycles. The number of nitrogens with zero attached hydrogens (tertiary/aromatic N) is 2. The molecule has 0 spiro atoms. The average molecular weight is 719 g/mol. The predicted octanol–water partition coefficient (Wildman–Crippen LogP) is 6.54. The summed E-state index contributed by atoms with van der Waals surface area (Å²) in [5.74, 6) is 2.49. The highest BCUT2D eigenvalue weighted by Gasteiger charge is 2.66. The highest BCUT2D eigenvalue weighted by Crippen LogP contribution is 2.70. The normalized spacial score (nSPS) is 42.9. The molecule has 0 radical (unpaired) electrons. The highest BCUT2D eigenvalue weighted by molar-refractivity contribution is 5.66. The van der Waals surface area contributed by atoms with E-state index in [0.717, 1.165) is 78.4 Å². The van der Waals surface area contributed by atoms with Crippen molar-refractivity contribution in [1.29, 1.82) is 0 Å². The summed E-state index contributed by atoms with van der Waals surface area (Å²) in [7, 11) is 0. The van der Waals surface area contributed by atoms with Gasteiger partial charge in [0.15, 0.2) is 12.4 Å². The number of hydrogen-bond acceptors (Lipinski definition) is 9. The van der Waals surface area contributed by atoms with Crippen molar-refractivity contribution in [3.05, 3.63) is 0 Å². The summed E-state index contributed by atoms with van der Waals surface area (Å²) >= 11 is 0. The van der Waals surface area contributed by atoms with Gasteiger partial charge in [0.25, 0.3) is 0 Å². The van der Waals surface area contributed by atoms with Crippen LogP contribution in [0, 0.1) is 45.8 Å². The van der Waals surface area contributed by atoms with Gasteiger partial charge in [0.05, 0.1) is 43.7 Å². The van der Waals surface area contributed by atoms with E-state index in [4.69, 9.17) is 23.7 Å². The number of hydrogen-bond donors (Lipinski definition) is 1. The minimum absolute atomic E-state index is 0.0767. The van der Waals surface area contributed by atoms with E-state index in [0.29, 0.717) is 29.6 Å². The second-order valence-electron chi connectivity index (χ2n) is 19.5. The van der Waals surface area contributed by atoms with Crippen LogP contribution in [-0.2, 0) is 28.5 Å². The summed E-state index contributed by atoms with van der Waals surface area (Å²) in [5, 5.41) is 11.0. The lowest BCUT2D eigenvalue weighted by atomic mass is 9.50. The smallest absolute Gasteiger partial charge is 0.303 e. The molecule has 3 saturated carbocycles. The van der Waals surface area contributed by atoms with Crippen LogP contribution in [0.3, 0.4) is 0 Å². The Morgan fingerprint density at radius 1 is 0.941 bits per heavy atom. The molecule has 9 heteroatoms. The van der Waals surface area contributed by atoms with E-state index < -0.39 is 11.7 Å². The van der Waals surface area contributed by atoms with E-state index >= 15 is 0 Å². The van der Waals surface area contributed by atoms with Gasteiger partial charge in [0, 0.05) is 46.2 Å². The van der Waals surface area contributed by atoms with Gasteiger partial charge in [0.1, 0.15) is 0 Å². The molecule has 3 heterocycles. The Morgan fingerprint density at radius 3 is 2.35 bits per heavy atom. The van der Waals surface area contributed by atoms with Crippen molar-refractivity contribution >= 4 is 5.97 Å². The molecule has 0 aromatic heterocycles. The van der Waals surface area contributed by atoms with Gasteiger partial charge >= 0.3 is 5.97 Å². The van der Waals surface area contributed by atoms with Gasteiger partial charge in [-0.15, -0.1) is 0 Å². The molecule has 1 N–H and O–H groups in total. The van der Waals surface area contributed by atoms with Crippen molar-refractivity contribution in [2.24, 2.45) is 45.8 Å². The van der Waals surface area contributed by atoms with Crippen LogP contribution in [-0.4, -0.2) is 116 Å². The zero-order chi connectivity index (χ0) is 36.8. The van der Waals surface area contributed by atoms with Crippen LogP contribution in [0.1, 0.15) is 120 Å². The van der Waals surface area contributed by atoms with Crippen LogP contribution in [0.5, 0.6) is 0 Å². The topological polar surface area (TPSA) is 89.9 Å². The first-order valence-corrected chi connectivity index (χ1v) is 20.9. The largest absolute Gasteiger partial charge is 0.457 e. The molecule has 294 valence electrons. The van der Waals surface area contributed by atoms with Gasteiger partial charge in [-0.1, -0.05) is 48.0 Å². The lowest BCUT2D eigenvalue weighted by Gasteiger charge is -2.55. The summed E-state index contributed by atoms with van der Waals surface area (Å²) in [6.07, 6.45) is 9.73. The van der Waals surface area contributed by atoms with Gasteiger partial charge in [-0.05, 0) is 111 Å². The second-order valence-corrected chi connectivity index (χ2v) is 19.5. The van der Waals surface area contributed by atoms with Crippen LogP contribution in [0.4, 0.5) is 0 Å². The lowest BCUT2D eigenvalue weighted by molar-refractivity contribution is -0.237. The number of aliphatic hydroxyl groups is 1. The molecule has 3 saturated heterocycles. The zero-order valence-electron chi connectivity index (χ0n) is 33.8. The predicted molar refractivity (Wildman–Crippen MR) is 199 cm³/mol. The molecule has 51 heavy (non-hydrogen) atoms. The Kier molecular flexibility index (Phi) is 12.3. The van der Waals surface area contributed by atoms with Crippen molar-refractivity contribution in [1.82, 2.24) is 9.80 Å². The fourth-order valence-electron chi connectivity index (χ4n) is 12.6. The first kappa shape index (κ1) is 39.9. The van der Waals surface area contributed by atoms with E-state index in [1.807, 2.05) is 0 Å². The fraction of sp³-hybridized carbons (Fsp3) is 0.976. The zero-order valence-corrected chi connectivity index (χ0v) is 33.8. The Bertz CT molecular complexity index is 1170. The van der Waals surface area contributed by atoms with Crippen LogP contribution < -0.4 is 0 Å². The molecule has 3 aliphatic heterocycles. The maximum absolute atomic E-state index is 12.1. The van der Waals surface area contributed by atoms with Crippen molar-refractivity contribution < 1.29 is 33.6 Å². The second kappa shape index (κ2) is 15.7. The van der Waals surface area contributed by atoms with Crippen molar-refractivity contribution in [2.75, 3.05) is 59.1 Å². The third-order valence-corrected chi connectivity index (χ3v) is 15.6. The number of morpholine rings is 2. The molecule has 0 aromatic carbocycles. The van der Waals surface area contributed by atoms with Gasteiger partial charge in [-0.3, -0.25) is 14.6 Å². The first-order valence-electron chi connectivity index (χ1n) is 20.9. The van der Waals surface area contributed by atoms with Crippen molar-refractivity contribution in [2.45, 2.75) is 156 Å². The maximum atomic E-state index is 12.1. The Labute approximate surface area is 310 Å². The third kappa shape index (κ3) is 8.26. The van der Waals surface area contributed by atoms with E-state index in [2.05, 4.69) is 51.3 Å². The minimum atomic E-state index is -1.17. The fourth-order valence-corrected chi connectivity index (χ4v) is 12.6. The van der Waals surface area contributed by atoms with Crippen molar-refractivity contribution in [3.8, 4) is 0 Å². The molecule has 9 nitrogen and oxygen atoms in total. The number of fused-ring (bicyclic) bond motifs is 3. The quantitative estimate of drug-likeness (QED) is 0.239. The summed E-state index contributed by atoms with van der Waals surface area (Å²) in [4.78, 5) is 17.1. The molecule has 0 amide bonds. The Balaban J connectivity index is 1.09. The maximum Gasteiger partial charge on any atom is 0.303 e. The third-order valence-electron chi connectivity index (χ3n) is 15.6. The van der Waals surface area contributed by atoms with Gasteiger partial charge in [-0.2, -0.15) is 0 Å². The van der Waals surface area contributed by atoms with E-state index in [1.165, 1.54) is 45.4 Å². The number of carbonyl (C=O) groups is 1. The monoisotopic (exact) mass is 719 g/mol. The van der Waals surface area contributed by atoms with Gasteiger partial charge in [0.2, 0.25) is 0 Å². The van der Waals surface area contributed by atoms with E-state index in [1.54, 1.807) is 13.8 Å². The van der Waals surface area contributed by atoms with Crippen molar-refractivity contribution in [3.63, 3.8) is 0 Å². The van der Waals surface area contributed by atoms with E-state index in [9.17, 15) is 9.90 Å². The summed E-state index contributed by atoms with van der Waals surface area (Å²) < 4.78 is 31.4.